The van der Waals surface area contributed by atoms with Gasteiger partial charge in [0.05, 0.1) is 18.7 Å². The van der Waals surface area contributed by atoms with Crippen LogP contribution in [0.4, 0.5) is 0 Å². The van der Waals surface area contributed by atoms with Gasteiger partial charge in [-0.05, 0) is 32.6 Å². The number of aliphatic carboxylic acids is 1. The van der Waals surface area contributed by atoms with Gasteiger partial charge in [-0.25, -0.2) is 4.79 Å². The molecule has 27 heavy (non-hydrogen) atoms. The first-order chi connectivity index (χ1) is 12.9. The third kappa shape index (κ3) is 3.41. The first kappa shape index (κ1) is 18.6. The molecule has 3 atom stereocenters. The summed E-state index contributed by atoms with van der Waals surface area (Å²) in [5.74, 6) is 0.703. The van der Waals surface area contributed by atoms with E-state index in [1.165, 1.54) is 4.90 Å². The lowest BCUT2D eigenvalue weighted by atomic mass is 9.93. The van der Waals surface area contributed by atoms with Crippen LogP contribution in [0.15, 0.2) is 9.98 Å². The SMILES string of the molecule is CC1(C)S[C@@H]2[C@H](N=CN3CCC(CC4=NCCN4)CC3)C(=O)N2[C@H]1C(=O)O. The van der Waals surface area contributed by atoms with Crippen LogP contribution >= 0.6 is 11.8 Å². The molecule has 0 aliphatic carbocycles. The predicted octanol–water partition coefficient (Wildman–Crippen LogP) is 0.634. The minimum absolute atomic E-state index is 0.158. The Morgan fingerprint density at radius 1 is 1.44 bits per heavy atom. The molecule has 0 spiro atoms. The zero-order chi connectivity index (χ0) is 19.2. The lowest BCUT2D eigenvalue weighted by Crippen LogP contribution is -2.65. The van der Waals surface area contributed by atoms with Gasteiger partial charge in [-0.15, -0.1) is 11.8 Å². The Kier molecular flexibility index (Phi) is 4.82. The fourth-order valence-corrected chi connectivity index (χ4v) is 6.05. The molecule has 0 radical (unpaired) electrons. The number of aliphatic imine (C=N–C) groups is 2. The largest absolute Gasteiger partial charge is 0.480 e. The average Bonchev–Trinajstić information content (AvgIpc) is 3.20. The molecule has 148 valence electrons. The third-order valence-electron chi connectivity index (χ3n) is 5.91. The number of amidine groups is 1. The number of carboxylic acids is 1. The molecule has 4 aliphatic rings. The van der Waals surface area contributed by atoms with E-state index in [-0.39, 0.29) is 11.3 Å². The highest BCUT2D eigenvalue weighted by molar-refractivity contribution is 8.01. The fraction of sp³-hybridized carbons (Fsp3) is 0.778. The fourth-order valence-electron chi connectivity index (χ4n) is 4.43. The molecular weight excluding hydrogens is 366 g/mol. The van der Waals surface area contributed by atoms with Crippen molar-refractivity contribution in [3.05, 3.63) is 0 Å². The number of carbonyl (C=O) groups is 2. The zero-order valence-corrected chi connectivity index (χ0v) is 16.6. The Morgan fingerprint density at radius 3 is 2.81 bits per heavy atom. The molecule has 0 bridgehead atoms. The number of β-lactam (4-membered cyclic amide) rings is 1. The second-order valence-corrected chi connectivity index (χ2v) is 10.0. The molecule has 3 saturated heterocycles. The van der Waals surface area contributed by atoms with Crippen LogP contribution in [0.3, 0.4) is 0 Å². The number of nitrogens with one attached hydrogen (secondary N) is 1. The number of carbonyl (C=O) groups excluding carboxylic acids is 1. The summed E-state index contributed by atoms with van der Waals surface area (Å²) in [6, 6.07) is -1.22. The van der Waals surface area contributed by atoms with Crippen LogP contribution in [0.1, 0.15) is 33.1 Å². The third-order valence-corrected chi connectivity index (χ3v) is 7.47. The highest BCUT2D eigenvalue weighted by atomic mass is 32.2. The number of amides is 1. The van der Waals surface area contributed by atoms with Crippen molar-refractivity contribution in [1.29, 1.82) is 0 Å². The van der Waals surface area contributed by atoms with Gasteiger partial charge in [0.15, 0.2) is 6.04 Å². The van der Waals surface area contributed by atoms with Gasteiger partial charge in [-0.1, -0.05) is 0 Å². The lowest BCUT2D eigenvalue weighted by molar-refractivity contribution is -0.158. The molecule has 4 heterocycles. The summed E-state index contributed by atoms with van der Waals surface area (Å²) in [4.78, 5) is 36.7. The van der Waals surface area contributed by atoms with E-state index in [1.54, 1.807) is 11.8 Å². The van der Waals surface area contributed by atoms with Gasteiger partial charge >= 0.3 is 5.97 Å². The van der Waals surface area contributed by atoms with Crippen LogP contribution in [-0.4, -0.2) is 87.3 Å². The number of fused-ring (bicyclic) bond motifs is 1. The molecule has 9 heteroatoms. The second-order valence-electron chi connectivity index (χ2n) is 8.25. The number of rotatable bonds is 5. The standard InChI is InChI=1S/C18H27N5O3S/c1-18(2)14(17(25)26)23-15(24)13(16(23)27-18)21-10-22-7-3-11(4-8-22)9-12-19-5-6-20-12/h10-11,13-14,16H,3-9H2,1-2H3,(H,19,20)(H,25,26)/t13-,14+,16-/m1/s1. The van der Waals surface area contributed by atoms with Crippen LogP contribution in [0.5, 0.6) is 0 Å². The van der Waals surface area contributed by atoms with Gasteiger partial charge in [-0.3, -0.25) is 14.8 Å². The van der Waals surface area contributed by atoms with Gasteiger partial charge in [0.1, 0.15) is 11.4 Å². The maximum atomic E-state index is 12.5. The van der Waals surface area contributed by atoms with E-state index in [4.69, 9.17) is 0 Å². The van der Waals surface area contributed by atoms with Crippen molar-refractivity contribution < 1.29 is 14.7 Å². The number of carboxylic acid groups (broad SMARTS) is 1. The summed E-state index contributed by atoms with van der Waals surface area (Å²) in [6.45, 7) is 7.51. The van der Waals surface area contributed by atoms with E-state index in [2.05, 4.69) is 20.2 Å². The van der Waals surface area contributed by atoms with Crippen molar-refractivity contribution in [3.63, 3.8) is 0 Å². The van der Waals surface area contributed by atoms with Gasteiger partial charge in [0, 0.05) is 30.8 Å². The van der Waals surface area contributed by atoms with Crippen LogP contribution < -0.4 is 5.32 Å². The molecule has 0 aromatic carbocycles. The first-order valence-electron chi connectivity index (χ1n) is 9.64. The van der Waals surface area contributed by atoms with Crippen molar-refractivity contribution in [2.24, 2.45) is 15.9 Å². The van der Waals surface area contributed by atoms with E-state index < -0.39 is 22.8 Å². The van der Waals surface area contributed by atoms with Crippen molar-refractivity contribution in [2.45, 2.75) is 55.3 Å². The predicted molar refractivity (Wildman–Crippen MR) is 105 cm³/mol. The van der Waals surface area contributed by atoms with E-state index in [9.17, 15) is 14.7 Å². The van der Waals surface area contributed by atoms with Crippen LogP contribution in [-0.2, 0) is 9.59 Å². The minimum Gasteiger partial charge on any atom is -0.480 e. The Morgan fingerprint density at radius 2 is 2.19 bits per heavy atom. The van der Waals surface area contributed by atoms with Crippen LogP contribution in [0.25, 0.3) is 0 Å². The number of hydrogen-bond acceptors (Lipinski definition) is 6. The molecule has 0 aromatic rings. The summed E-state index contributed by atoms with van der Waals surface area (Å²) in [7, 11) is 0. The van der Waals surface area contributed by atoms with Crippen molar-refractivity contribution in [3.8, 4) is 0 Å². The quantitative estimate of drug-likeness (QED) is 0.404. The van der Waals surface area contributed by atoms with Crippen molar-refractivity contribution in [2.75, 3.05) is 26.2 Å². The van der Waals surface area contributed by atoms with Crippen LogP contribution in [0.2, 0.25) is 0 Å². The summed E-state index contributed by atoms with van der Waals surface area (Å²) < 4.78 is -0.494. The van der Waals surface area contributed by atoms with E-state index >= 15 is 0 Å². The molecule has 0 unspecified atom stereocenters. The lowest BCUT2D eigenvalue weighted by Gasteiger charge is -2.41. The van der Waals surface area contributed by atoms with E-state index in [1.807, 2.05) is 20.2 Å². The normalized spacial score (nSPS) is 33.0. The molecule has 1 amide bonds. The van der Waals surface area contributed by atoms with Gasteiger partial charge in [0.25, 0.3) is 5.91 Å². The summed E-state index contributed by atoms with van der Waals surface area (Å²) in [6.07, 6.45) is 5.04. The molecule has 0 saturated carbocycles. The van der Waals surface area contributed by atoms with E-state index in [0.29, 0.717) is 5.92 Å². The Balaban J connectivity index is 1.30. The molecule has 8 nitrogen and oxygen atoms in total. The van der Waals surface area contributed by atoms with Gasteiger partial charge < -0.3 is 20.2 Å². The Labute approximate surface area is 163 Å². The zero-order valence-electron chi connectivity index (χ0n) is 15.8. The molecule has 2 N–H and O–H groups in total. The maximum Gasteiger partial charge on any atom is 0.327 e. The van der Waals surface area contributed by atoms with E-state index in [0.717, 1.165) is 51.3 Å². The number of piperidine rings is 1. The molecule has 0 aromatic heterocycles. The van der Waals surface area contributed by atoms with Crippen molar-refractivity contribution >= 4 is 35.8 Å². The van der Waals surface area contributed by atoms with Gasteiger partial charge in [-0.2, -0.15) is 0 Å². The van der Waals surface area contributed by atoms with Crippen LogP contribution in [0, 0.1) is 5.92 Å². The van der Waals surface area contributed by atoms with Crippen molar-refractivity contribution in [1.82, 2.24) is 15.1 Å². The molecular formula is C18H27N5O3S. The highest BCUT2D eigenvalue weighted by Crippen LogP contribution is 2.51. The average molecular weight is 394 g/mol. The molecule has 4 aliphatic heterocycles. The topological polar surface area (TPSA) is 97.6 Å². The monoisotopic (exact) mass is 393 g/mol. The Bertz CT molecular complexity index is 686. The summed E-state index contributed by atoms with van der Waals surface area (Å²) in [5, 5.41) is 12.6. The number of thioether (sulfide) groups is 1. The van der Waals surface area contributed by atoms with Gasteiger partial charge in [0.2, 0.25) is 0 Å². The maximum absolute atomic E-state index is 12.5. The number of hydrogen-bond donors (Lipinski definition) is 2. The highest BCUT2D eigenvalue weighted by Gasteiger charge is 2.63. The molecule has 4 rings (SSSR count). The number of nitrogens with zero attached hydrogens (tertiary/aromatic N) is 4. The Hall–Kier alpha value is -1.77. The summed E-state index contributed by atoms with van der Waals surface area (Å²) in [5.41, 5.74) is 0. The minimum atomic E-state index is -0.936. The smallest absolute Gasteiger partial charge is 0.327 e. The molecule has 3 fully saturated rings. The number of likely N-dealkylation sites (tertiary alicyclic amines) is 1. The second kappa shape index (κ2) is 7.00. The summed E-state index contributed by atoms with van der Waals surface area (Å²) >= 11 is 1.54. The first-order valence-corrected chi connectivity index (χ1v) is 10.5.